The molecular formula is C31H22O. The number of aldehydes is 1. The van der Waals surface area contributed by atoms with E-state index in [-0.39, 0.29) is 0 Å². The molecule has 0 saturated carbocycles. The third kappa shape index (κ3) is 4.14. The van der Waals surface area contributed by atoms with Crippen LogP contribution in [0.3, 0.4) is 0 Å². The van der Waals surface area contributed by atoms with E-state index in [1.165, 1.54) is 33.4 Å². The fourth-order valence-electron chi connectivity index (χ4n) is 4.01. The summed E-state index contributed by atoms with van der Waals surface area (Å²) < 4.78 is 0. The highest BCUT2D eigenvalue weighted by molar-refractivity contribution is 5.92. The maximum absolute atomic E-state index is 11.0. The molecule has 0 unspecified atom stereocenters. The zero-order valence-corrected chi connectivity index (χ0v) is 17.6. The Balaban J connectivity index is 1.45. The fourth-order valence-corrected chi connectivity index (χ4v) is 4.01. The van der Waals surface area contributed by atoms with Gasteiger partial charge < -0.3 is 0 Å². The summed E-state index contributed by atoms with van der Waals surface area (Å²) in [5.74, 6) is 0. The molecule has 0 amide bonds. The van der Waals surface area contributed by atoms with Crippen LogP contribution in [0.5, 0.6) is 0 Å². The van der Waals surface area contributed by atoms with E-state index >= 15 is 0 Å². The fraction of sp³-hybridized carbons (Fsp3) is 0. The molecule has 0 atom stereocenters. The number of benzene rings is 5. The smallest absolute Gasteiger partial charge is 0.150 e. The second-order valence-electron chi connectivity index (χ2n) is 7.85. The minimum Gasteiger partial charge on any atom is -0.298 e. The molecular weight excluding hydrogens is 388 g/mol. The zero-order chi connectivity index (χ0) is 21.8. The predicted octanol–water partition coefficient (Wildman–Crippen LogP) is 8.16. The van der Waals surface area contributed by atoms with Crippen molar-refractivity contribution in [3.05, 3.63) is 132 Å². The third-order valence-electron chi connectivity index (χ3n) is 5.75. The first-order valence-electron chi connectivity index (χ1n) is 10.7. The van der Waals surface area contributed by atoms with Gasteiger partial charge in [-0.3, -0.25) is 4.79 Å². The third-order valence-corrected chi connectivity index (χ3v) is 5.75. The predicted molar refractivity (Wildman–Crippen MR) is 136 cm³/mol. The molecule has 0 N–H and O–H groups in total. The molecule has 0 aliphatic carbocycles. The molecule has 1 nitrogen and oxygen atoms in total. The van der Waals surface area contributed by atoms with Crippen molar-refractivity contribution in [2.24, 2.45) is 0 Å². The summed E-state index contributed by atoms with van der Waals surface area (Å²) in [7, 11) is 0. The van der Waals surface area contributed by atoms with E-state index in [4.69, 9.17) is 0 Å². The van der Waals surface area contributed by atoms with Crippen molar-refractivity contribution in [2.45, 2.75) is 0 Å². The van der Waals surface area contributed by atoms with Crippen molar-refractivity contribution in [2.75, 3.05) is 0 Å². The second kappa shape index (κ2) is 8.87. The Bertz CT molecular complexity index is 1410. The summed E-state index contributed by atoms with van der Waals surface area (Å²) in [6, 6.07) is 39.7. The molecule has 0 spiro atoms. The van der Waals surface area contributed by atoms with Gasteiger partial charge in [0.2, 0.25) is 0 Å². The maximum Gasteiger partial charge on any atom is 0.150 e. The molecule has 32 heavy (non-hydrogen) atoms. The lowest BCUT2D eigenvalue weighted by Gasteiger charge is -2.09. The Morgan fingerprint density at radius 3 is 1.94 bits per heavy atom. The largest absolute Gasteiger partial charge is 0.298 e. The molecule has 5 aromatic carbocycles. The Morgan fingerprint density at radius 2 is 1.12 bits per heavy atom. The van der Waals surface area contributed by atoms with E-state index in [0.29, 0.717) is 5.56 Å². The minimum atomic E-state index is 0.703. The van der Waals surface area contributed by atoms with Gasteiger partial charge in [0.15, 0.2) is 0 Å². The van der Waals surface area contributed by atoms with Gasteiger partial charge in [-0.1, -0.05) is 115 Å². The zero-order valence-electron chi connectivity index (χ0n) is 17.6. The summed E-state index contributed by atoms with van der Waals surface area (Å²) in [5.41, 5.74) is 7.83. The van der Waals surface area contributed by atoms with Crippen molar-refractivity contribution < 1.29 is 4.79 Å². The molecule has 0 aliphatic heterocycles. The van der Waals surface area contributed by atoms with E-state index in [1.807, 2.05) is 24.3 Å². The van der Waals surface area contributed by atoms with Crippen LogP contribution in [0.4, 0.5) is 0 Å². The lowest BCUT2D eigenvalue weighted by molar-refractivity contribution is 0.112. The molecule has 0 heterocycles. The lowest BCUT2D eigenvalue weighted by atomic mass is 9.95. The molecule has 5 rings (SSSR count). The molecule has 0 bridgehead atoms. The summed E-state index contributed by atoms with van der Waals surface area (Å²) in [6.07, 6.45) is 5.22. The van der Waals surface area contributed by atoms with Crippen LogP contribution in [0.25, 0.3) is 45.2 Å². The quantitative estimate of drug-likeness (QED) is 0.211. The van der Waals surface area contributed by atoms with Crippen LogP contribution in [0.15, 0.2) is 115 Å². The van der Waals surface area contributed by atoms with Crippen LogP contribution in [0, 0.1) is 0 Å². The second-order valence-corrected chi connectivity index (χ2v) is 7.85. The molecule has 0 radical (unpaired) electrons. The van der Waals surface area contributed by atoms with Gasteiger partial charge in [0, 0.05) is 5.56 Å². The Hall–Kier alpha value is -4.23. The van der Waals surface area contributed by atoms with Crippen molar-refractivity contribution in [3.8, 4) is 22.3 Å². The number of carbonyl (C=O) groups is 1. The Morgan fingerprint density at radius 1 is 0.469 bits per heavy atom. The van der Waals surface area contributed by atoms with Crippen molar-refractivity contribution in [1.29, 1.82) is 0 Å². The number of hydrogen-bond donors (Lipinski definition) is 0. The van der Waals surface area contributed by atoms with Crippen molar-refractivity contribution in [3.63, 3.8) is 0 Å². The standard InChI is InChI=1S/C31H22O/c32-22-24-11-13-30-21-29(19-18-28(30)20-24)25-14-16-27(17-15-25)31-9-5-4-8-26(31)12-10-23-6-2-1-3-7-23/h1-22H. The molecule has 5 aromatic rings. The summed E-state index contributed by atoms with van der Waals surface area (Å²) >= 11 is 0. The van der Waals surface area contributed by atoms with E-state index in [1.54, 1.807) is 0 Å². The van der Waals surface area contributed by atoms with Gasteiger partial charge in [0.05, 0.1) is 0 Å². The molecule has 0 aliphatic rings. The highest BCUT2D eigenvalue weighted by atomic mass is 16.1. The van der Waals surface area contributed by atoms with Gasteiger partial charge in [0.1, 0.15) is 6.29 Å². The van der Waals surface area contributed by atoms with Gasteiger partial charge in [0.25, 0.3) is 0 Å². The topological polar surface area (TPSA) is 17.1 Å². The molecule has 1 heteroatoms. The van der Waals surface area contributed by atoms with Crippen molar-refractivity contribution >= 4 is 29.2 Å². The van der Waals surface area contributed by atoms with E-state index in [0.717, 1.165) is 17.1 Å². The van der Waals surface area contributed by atoms with E-state index in [2.05, 4.69) is 103 Å². The number of rotatable bonds is 5. The van der Waals surface area contributed by atoms with E-state index < -0.39 is 0 Å². The molecule has 152 valence electrons. The average molecular weight is 411 g/mol. The first-order chi connectivity index (χ1) is 15.8. The van der Waals surface area contributed by atoms with Gasteiger partial charge >= 0.3 is 0 Å². The molecule has 0 fully saturated rings. The van der Waals surface area contributed by atoms with Crippen molar-refractivity contribution in [1.82, 2.24) is 0 Å². The van der Waals surface area contributed by atoms with Crippen LogP contribution in [0.2, 0.25) is 0 Å². The normalized spacial score (nSPS) is 11.1. The van der Waals surface area contributed by atoms with Crippen LogP contribution >= 0.6 is 0 Å². The highest BCUT2D eigenvalue weighted by Gasteiger charge is 2.05. The minimum absolute atomic E-state index is 0.703. The Labute approximate surface area is 188 Å². The SMILES string of the molecule is O=Cc1ccc2cc(-c3ccc(-c4ccccc4C=Cc4ccccc4)cc3)ccc2c1. The van der Waals surface area contributed by atoms with Crippen LogP contribution in [0.1, 0.15) is 21.5 Å². The first-order valence-corrected chi connectivity index (χ1v) is 10.7. The number of hydrogen-bond acceptors (Lipinski definition) is 1. The van der Waals surface area contributed by atoms with Gasteiger partial charge in [-0.15, -0.1) is 0 Å². The van der Waals surface area contributed by atoms with Gasteiger partial charge in [-0.05, 0) is 56.3 Å². The highest BCUT2D eigenvalue weighted by Crippen LogP contribution is 2.30. The van der Waals surface area contributed by atoms with Crippen LogP contribution in [-0.2, 0) is 0 Å². The average Bonchev–Trinajstić information content (AvgIpc) is 2.88. The maximum atomic E-state index is 11.0. The molecule has 0 aromatic heterocycles. The first kappa shape index (κ1) is 19.7. The van der Waals surface area contributed by atoms with Gasteiger partial charge in [-0.2, -0.15) is 0 Å². The molecule has 0 saturated heterocycles. The summed E-state index contributed by atoms with van der Waals surface area (Å²) in [5, 5.41) is 2.21. The lowest BCUT2D eigenvalue weighted by Crippen LogP contribution is -1.85. The number of carbonyl (C=O) groups excluding carboxylic acids is 1. The van der Waals surface area contributed by atoms with Gasteiger partial charge in [-0.25, -0.2) is 0 Å². The van der Waals surface area contributed by atoms with Crippen LogP contribution < -0.4 is 0 Å². The summed E-state index contributed by atoms with van der Waals surface area (Å²) in [4.78, 5) is 11.0. The van der Waals surface area contributed by atoms with Crippen LogP contribution in [-0.4, -0.2) is 6.29 Å². The monoisotopic (exact) mass is 410 g/mol. The summed E-state index contributed by atoms with van der Waals surface area (Å²) in [6.45, 7) is 0. The Kier molecular flexibility index (Phi) is 5.47. The number of fused-ring (bicyclic) bond motifs is 1. The van der Waals surface area contributed by atoms with E-state index in [9.17, 15) is 4.79 Å².